The number of hydrogen-bond donors (Lipinski definition) is 3. The van der Waals surface area contributed by atoms with E-state index >= 15 is 0 Å². The van der Waals surface area contributed by atoms with Crippen LogP contribution in [0.1, 0.15) is 38.3 Å². The van der Waals surface area contributed by atoms with E-state index in [2.05, 4.69) is 25.2 Å². The van der Waals surface area contributed by atoms with Crippen LogP contribution >= 0.6 is 11.6 Å². The van der Waals surface area contributed by atoms with E-state index in [1.54, 1.807) is 36.7 Å². The van der Waals surface area contributed by atoms with Gasteiger partial charge in [-0.3, -0.25) is 0 Å². The van der Waals surface area contributed by atoms with Crippen LogP contribution in [0.4, 0.5) is 15.0 Å². The number of benzene rings is 2. The van der Waals surface area contributed by atoms with Crippen LogP contribution in [0.15, 0.2) is 61.1 Å². The van der Waals surface area contributed by atoms with Gasteiger partial charge in [-0.15, -0.1) is 0 Å². The number of ether oxygens (including phenoxy) is 3. The number of nitrogens with one attached hydrogen (secondary N) is 2. The van der Waals surface area contributed by atoms with E-state index in [1.165, 1.54) is 17.0 Å². The van der Waals surface area contributed by atoms with Crippen molar-refractivity contribution in [2.45, 2.75) is 57.3 Å². The molecular weight excluding hydrogens is 615 g/mol. The molecule has 11 nitrogen and oxygen atoms in total. The molecule has 2 aromatic carbocycles. The third kappa shape index (κ3) is 6.90. The van der Waals surface area contributed by atoms with E-state index in [0.717, 1.165) is 23.3 Å². The topological polar surface area (TPSA) is 123 Å². The Morgan fingerprint density at radius 3 is 2.70 bits per heavy atom. The Kier molecular flexibility index (Phi) is 9.32. The molecule has 13 heteroatoms. The van der Waals surface area contributed by atoms with E-state index in [4.69, 9.17) is 25.8 Å². The second-order valence-electron chi connectivity index (χ2n) is 12.1. The van der Waals surface area contributed by atoms with Crippen LogP contribution in [0.25, 0.3) is 11.0 Å². The molecule has 2 fully saturated rings. The Balaban J connectivity index is 1.03. The molecule has 244 valence electrons. The second-order valence-corrected chi connectivity index (χ2v) is 12.6. The first-order valence-electron chi connectivity index (χ1n) is 15.4. The lowest BCUT2D eigenvalue weighted by atomic mass is 10.1. The van der Waals surface area contributed by atoms with Crippen LogP contribution in [-0.4, -0.2) is 75.3 Å². The standard InChI is InChI=1S/C33H38ClFN6O5/c1-33(2)45-28-21(16-26(29(28)46-33)41-14-11-24-30(36-3)38-19-39-31(24)41)17-37-12-4-13-40(32(42)43)18-20-5-10-27(25(35)15-20)44-23-8-6-22(34)7-9-23/h5-11,14-15,19,21,26,28-29,37H,4,12-13,16-18H2,1-3H3,(H,42,43)(H,36,38,39)/t21-,26-,28-,29+/m1/s1. The van der Waals surface area contributed by atoms with Gasteiger partial charge in [0.25, 0.3) is 0 Å². The van der Waals surface area contributed by atoms with E-state index < -0.39 is 17.7 Å². The molecule has 0 spiro atoms. The number of nitrogens with zero attached hydrogens (tertiary/aromatic N) is 4. The molecule has 1 saturated heterocycles. The molecule has 1 aliphatic carbocycles. The molecular formula is C33H38ClFN6O5. The first kappa shape index (κ1) is 32.0. The van der Waals surface area contributed by atoms with Crippen LogP contribution in [0.5, 0.6) is 11.5 Å². The monoisotopic (exact) mass is 652 g/mol. The third-order valence-electron chi connectivity index (χ3n) is 8.52. The number of carboxylic acid groups (broad SMARTS) is 1. The summed E-state index contributed by atoms with van der Waals surface area (Å²) < 4.78 is 35.3. The van der Waals surface area contributed by atoms with E-state index in [9.17, 15) is 14.3 Å². The fourth-order valence-electron chi connectivity index (χ4n) is 6.47. The minimum atomic E-state index is -1.06. The summed E-state index contributed by atoms with van der Waals surface area (Å²) in [6.45, 7) is 5.54. The number of carbonyl (C=O) groups is 1. The molecule has 3 heterocycles. The van der Waals surface area contributed by atoms with Crippen molar-refractivity contribution in [1.82, 2.24) is 24.8 Å². The van der Waals surface area contributed by atoms with Gasteiger partial charge in [0.1, 0.15) is 29.6 Å². The lowest BCUT2D eigenvalue weighted by molar-refractivity contribution is -0.160. The normalized spacial score (nSPS) is 21.8. The molecule has 2 aromatic heterocycles. The number of anilines is 1. The highest BCUT2D eigenvalue weighted by Gasteiger charge is 2.54. The Bertz CT molecular complexity index is 1690. The smallest absolute Gasteiger partial charge is 0.407 e. The summed E-state index contributed by atoms with van der Waals surface area (Å²) >= 11 is 5.90. The highest BCUT2D eigenvalue weighted by atomic mass is 35.5. The maximum Gasteiger partial charge on any atom is 0.407 e. The minimum absolute atomic E-state index is 0.0431. The van der Waals surface area contributed by atoms with Gasteiger partial charge < -0.3 is 39.4 Å². The Morgan fingerprint density at radius 1 is 1.17 bits per heavy atom. The largest absolute Gasteiger partial charge is 0.465 e. The van der Waals surface area contributed by atoms with Crippen molar-refractivity contribution in [3.63, 3.8) is 0 Å². The van der Waals surface area contributed by atoms with Crippen molar-refractivity contribution in [3.05, 3.63) is 77.5 Å². The van der Waals surface area contributed by atoms with E-state index in [1.807, 2.05) is 33.2 Å². The van der Waals surface area contributed by atoms with E-state index in [-0.39, 0.29) is 36.5 Å². The van der Waals surface area contributed by atoms with Crippen LogP contribution in [-0.2, 0) is 16.0 Å². The van der Waals surface area contributed by atoms with Crippen molar-refractivity contribution >= 4 is 34.5 Å². The number of amides is 1. The van der Waals surface area contributed by atoms with Crippen molar-refractivity contribution in [1.29, 1.82) is 0 Å². The zero-order valence-corrected chi connectivity index (χ0v) is 26.7. The molecule has 4 aromatic rings. The van der Waals surface area contributed by atoms with Crippen LogP contribution in [0, 0.1) is 11.7 Å². The van der Waals surface area contributed by atoms with Gasteiger partial charge in [0, 0.05) is 43.8 Å². The van der Waals surface area contributed by atoms with Crippen LogP contribution < -0.4 is 15.4 Å². The van der Waals surface area contributed by atoms with Gasteiger partial charge in [0.15, 0.2) is 17.4 Å². The zero-order chi connectivity index (χ0) is 32.4. The van der Waals surface area contributed by atoms with Crippen LogP contribution in [0.2, 0.25) is 5.02 Å². The Labute approximate surface area is 271 Å². The lowest BCUT2D eigenvalue weighted by Gasteiger charge is -2.25. The molecule has 0 bridgehead atoms. The molecule has 0 unspecified atom stereocenters. The number of fused-ring (bicyclic) bond motifs is 2. The summed E-state index contributed by atoms with van der Waals surface area (Å²) in [5.41, 5.74) is 1.38. The average Bonchev–Trinajstić information content (AvgIpc) is 3.69. The highest BCUT2D eigenvalue weighted by molar-refractivity contribution is 6.30. The average molecular weight is 653 g/mol. The van der Waals surface area contributed by atoms with Crippen molar-refractivity contribution < 1.29 is 28.5 Å². The van der Waals surface area contributed by atoms with Gasteiger partial charge in [-0.1, -0.05) is 17.7 Å². The summed E-state index contributed by atoms with van der Waals surface area (Å²) in [6.07, 6.45) is 3.75. The molecule has 1 amide bonds. The third-order valence-corrected chi connectivity index (χ3v) is 8.78. The first-order chi connectivity index (χ1) is 22.1. The maximum absolute atomic E-state index is 14.8. The maximum atomic E-state index is 14.8. The molecule has 1 saturated carbocycles. The van der Waals surface area contributed by atoms with Gasteiger partial charge in [0.2, 0.25) is 0 Å². The summed E-state index contributed by atoms with van der Waals surface area (Å²) in [4.78, 5) is 22.2. The SMILES string of the molecule is CNc1ncnc2c1ccn2[C@@H]1C[C@H](CNCCCN(Cc2ccc(Oc3ccc(Cl)cc3)c(F)c2)C(=O)O)[C@H]2OC(C)(C)O[C@H]21. The van der Waals surface area contributed by atoms with Gasteiger partial charge in [-0.2, -0.15) is 0 Å². The number of hydrogen-bond acceptors (Lipinski definition) is 8. The van der Waals surface area contributed by atoms with Gasteiger partial charge in [0.05, 0.1) is 17.5 Å². The summed E-state index contributed by atoms with van der Waals surface area (Å²) in [5, 5.41) is 18.0. The molecule has 3 N–H and O–H groups in total. The fourth-order valence-corrected chi connectivity index (χ4v) is 6.59. The summed E-state index contributed by atoms with van der Waals surface area (Å²) in [6, 6.07) is 13.1. The van der Waals surface area contributed by atoms with E-state index in [0.29, 0.717) is 42.4 Å². The molecule has 2 aliphatic rings. The van der Waals surface area contributed by atoms with Crippen molar-refractivity contribution in [3.8, 4) is 11.5 Å². The van der Waals surface area contributed by atoms with Crippen molar-refractivity contribution in [2.24, 2.45) is 5.92 Å². The van der Waals surface area contributed by atoms with Gasteiger partial charge in [-0.05, 0) is 81.3 Å². The lowest BCUT2D eigenvalue weighted by Crippen LogP contribution is -2.35. The fraction of sp³-hybridized carbons (Fsp3) is 0.424. The first-order valence-corrected chi connectivity index (χ1v) is 15.7. The highest BCUT2D eigenvalue weighted by Crippen LogP contribution is 2.47. The number of rotatable bonds is 12. The predicted molar refractivity (Wildman–Crippen MR) is 172 cm³/mol. The van der Waals surface area contributed by atoms with Crippen LogP contribution in [0.3, 0.4) is 0 Å². The molecule has 4 atom stereocenters. The Hall–Kier alpha value is -3.97. The quantitative estimate of drug-likeness (QED) is 0.151. The molecule has 0 radical (unpaired) electrons. The number of aromatic nitrogens is 3. The second kappa shape index (κ2) is 13.4. The summed E-state index contributed by atoms with van der Waals surface area (Å²) in [5.74, 6) is 0.201. The van der Waals surface area contributed by atoms with Gasteiger partial charge >= 0.3 is 6.09 Å². The van der Waals surface area contributed by atoms with Gasteiger partial charge in [-0.25, -0.2) is 19.2 Å². The zero-order valence-electron chi connectivity index (χ0n) is 26.0. The predicted octanol–water partition coefficient (Wildman–Crippen LogP) is 6.30. The molecule has 1 aliphatic heterocycles. The molecule has 46 heavy (non-hydrogen) atoms. The minimum Gasteiger partial charge on any atom is -0.465 e. The number of halogens is 2. The van der Waals surface area contributed by atoms with Crippen molar-refractivity contribution in [2.75, 3.05) is 32.0 Å². The Morgan fingerprint density at radius 2 is 1.96 bits per heavy atom. The summed E-state index contributed by atoms with van der Waals surface area (Å²) in [7, 11) is 1.84. The molecule has 6 rings (SSSR count).